The van der Waals surface area contributed by atoms with Gasteiger partial charge < -0.3 is 0 Å². The van der Waals surface area contributed by atoms with Crippen molar-refractivity contribution in [2.75, 3.05) is 19.6 Å². The minimum absolute atomic E-state index is 0.267. The van der Waals surface area contributed by atoms with Gasteiger partial charge in [-0.2, -0.15) is 0 Å². The lowest BCUT2D eigenvalue weighted by Crippen LogP contribution is -2.35. The number of hydroxylamine groups is 1. The number of hydrogen-bond acceptors (Lipinski definition) is 3. The Bertz CT molecular complexity index is 102. The van der Waals surface area contributed by atoms with Crippen LogP contribution in [0.3, 0.4) is 0 Å². The number of likely N-dealkylation sites (N-methyl/N-ethyl adjacent to an activating group) is 1. The average molecular weight is 146 g/mol. The zero-order valence-corrected chi connectivity index (χ0v) is 6.42. The Kier molecular flexibility index (Phi) is 4.88. The first-order chi connectivity index (χ1) is 4.74. The molecule has 0 aromatic carbocycles. The van der Waals surface area contributed by atoms with Gasteiger partial charge in [-0.3, -0.25) is 14.9 Å². The number of amides is 1. The summed E-state index contributed by atoms with van der Waals surface area (Å²) < 4.78 is 0. The molecule has 0 aromatic rings. The maximum Gasteiger partial charge on any atom is 0.257 e. The van der Waals surface area contributed by atoms with Crippen molar-refractivity contribution in [3.8, 4) is 0 Å². The number of carbonyl (C=O) groups is 1. The molecule has 4 heteroatoms. The summed E-state index contributed by atoms with van der Waals surface area (Å²) in [5, 5.41) is 8.15. The third-order valence-corrected chi connectivity index (χ3v) is 1.39. The lowest BCUT2D eigenvalue weighted by atomic mass is 10.4. The molecule has 0 spiro atoms. The van der Waals surface area contributed by atoms with Crippen LogP contribution < -0.4 is 5.48 Å². The molecule has 10 heavy (non-hydrogen) atoms. The fraction of sp³-hybridized carbons (Fsp3) is 0.833. The van der Waals surface area contributed by atoms with Gasteiger partial charge in [-0.05, 0) is 13.1 Å². The van der Waals surface area contributed by atoms with E-state index in [1.807, 2.05) is 18.7 Å². The summed E-state index contributed by atoms with van der Waals surface area (Å²) in [6.07, 6.45) is 0. The second kappa shape index (κ2) is 5.20. The molecule has 0 saturated heterocycles. The molecular weight excluding hydrogens is 132 g/mol. The second-order valence-corrected chi connectivity index (χ2v) is 2.00. The molecule has 0 aliphatic carbocycles. The Labute approximate surface area is 60.8 Å². The van der Waals surface area contributed by atoms with Crippen LogP contribution in [0.15, 0.2) is 0 Å². The van der Waals surface area contributed by atoms with Crippen molar-refractivity contribution in [1.29, 1.82) is 0 Å². The Hall–Kier alpha value is -0.610. The normalized spacial score (nSPS) is 10.0. The molecule has 0 saturated carbocycles. The molecule has 60 valence electrons. The van der Waals surface area contributed by atoms with E-state index in [2.05, 4.69) is 0 Å². The monoisotopic (exact) mass is 146 g/mol. The fourth-order valence-corrected chi connectivity index (χ4v) is 0.686. The highest BCUT2D eigenvalue weighted by Crippen LogP contribution is 1.84. The van der Waals surface area contributed by atoms with Gasteiger partial charge in [0.2, 0.25) is 0 Å². The molecular formula is C6H14N2O2. The van der Waals surface area contributed by atoms with Crippen LogP contribution in [0.25, 0.3) is 0 Å². The summed E-state index contributed by atoms with van der Waals surface area (Å²) in [6.45, 7) is 5.85. The van der Waals surface area contributed by atoms with Crippen LogP contribution in [0.2, 0.25) is 0 Å². The molecule has 0 aromatic heterocycles. The summed E-state index contributed by atoms with van der Waals surface area (Å²) in [5.74, 6) is -0.358. The number of rotatable bonds is 4. The Morgan fingerprint density at radius 2 is 2.00 bits per heavy atom. The van der Waals surface area contributed by atoms with Gasteiger partial charge in [0.15, 0.2) is 0 Å². The van der Waals surface area contributed by atoms with E-state index in [9.17, 15) is 4.79 Å². The summed E-state index contributed by atoms with van der Waals surface area (Å²) in [7, 11) is 0. The van der Waals surface area contributed by atoms with Crippen LogP contribution in [0.4, 0.5) is 0 Å². The SMILES string of the molecule is CCN(CC)CC(=O)NO. The van der Waals surface area contributed by atoms with Crippen molar-refractivity contribution < 1.29 is 10.0 Å². The lowest BCUT2D eigenvalue weighted by molar-refractivity contribution is -0.130. The van der Waals surface area contributed by atoms with Gasteiger partial charge in [-0.15, -0.1) is 0 Å². The van der Waals surface area contributed by atoms with Crippen LogP contribution in [0.5, 0.6) is 0 Å². The van der Waals surface area contributed by atoms with E-state index in [-0.39, 0.29) is 12.5 Å². The maximum absolute atomic E-state index is 10.5. The number of nitrogens with zero attached hydrogens (tertiary/aromatic N) is 1. The third kappa shape index (κ3) is 3.42. The lowest BCUT2D eigenvalue weighted by Gasteiger charge is -2.15. The quantitative estimate of drug-likeness (QED) is 0.428. The van der Waals surface area contributed by atoms with Gasteiger partial charge in [0.1, 0.15) is 0 Å². The van der Waals surface area contributed by atoms with E-state index in [0.29, 0.717) is 0 Å². The van der Waals surface area contributed by atoms with Crippen LogP contribution >= 0.6 is 0 Å². The van der Waals surface area contributed by atoms with Crippen LogP contribution in [-0.4, -0.2) is 35.6 Å². The van der Waals surface area contributed by atoms with E-state index in [1.165, 1.54) is 0 Å². The van der Waals surface area contributed by atoms with Gasteiger partial charge in [0.25, 0.3) is 5.91 Å². The minimum atomic E-state index is -0.358. The van der Waals surface area contributed by atoms with E-state index in [4.69, 9.17) is 5.21 Å². The standard InChI is InChI=1S/C6H14N2O2/c1-3-8(4-2)5-6(9)7-10/h10H,3-5H2,1-2H3,(H,7,9). The smallest absolute Gasteiger partial charge is 0.257 e. The summed E-state index contributed by atoms with van der Waals surface area (Å²) in [4.78, 5) is 12.4. The highest BCUT2D eigenvalue weighted by atomic mass is 16.5. The Morgan fingerprint density at radius 3 is 2.30 bits per heavy atom. The van der Waals surface area contributed by atoms with Crippen molar-refractivity contribution in [2.45, 2.75) is 13.8 Å². The first kappa shape index (κ1) is 9.39. The Balaban J connectivity index is 3.52. The predicted molar refractivity (Wildman–Crippen MR) is 37.7 cm³/mol. The molecule has 0 aliphatic rings. The molecule has 0 atom stereocenters. The van der Waals surface area contributed by atoms with Gasteiger partial charge in [-0.25, -0.2) is 5.48 Å². The minimum Gasteiger partial charge on any atom is -0.295 e. The third-order valence-electron chi connectivity index (χ3n) is 1.39. The van der Waals surface area contributed by atoms with Crippen molar-refractivity contribution in [2.24, 2.45) is 0 Å². The maximum atomic E-state index is 10.5. The highest BCUT2D eigenvalue weighted by Gasteiger charge is 2.04. The molecule has 0 radical (unpaired) electrons. The molecule has 0 unspecified atom stereocenters. The summed E-state index contributed by atoms with van der Waals surface area (Å²) in [5.41, 5.74) is 1.58. The van der Waals surface area contributed by atoms with E-state index in [1.54, 1.807) is 5.48 Å². The molecule has 4 nitrogen and oxygen atoms in total. The van der Waals surface area contributed by atoms with Crippen LogP contribution in [-0.2, 0) is 4.79 Å². The first-order valence-electron chi connectivity index (χ1n) is 3.39. The number of nitrogens with one attached hydrogen (secondary N) is 1. The van der Waals surface area contributed by atoms with Gasteiger partial charge in [0.05, 0.1) is 6.54 Å². The molecule has 0 fully saturated rings. The first-order valence-corrected chi connectivity index (χ1v) is 3.39. The number of hydrogen-bond donors (Lipinski definition) is 2. The van der Waals surface area contributed by atoms with Crippen LogP contribution in [0, 0.1) is 0 Å². The largest absolute Gasteiger partial charge is 0.295 e. The number of carbonyl (C=O) groups excluding carboxylic acids is 1. The molecule has 0 aliphatic heterocycles. The van der Waals surface area contributed by atoms with E-state index >= 15 is 0 Å². The van der Waals surface area contributed by atoms with Crippen molar-refractivity contribution >= 4 is 5.91 Å². The molecule has 2 N–H and O–H groups in total. The fourth-order valence-electron chi connectivity index (χ4n) is 0.686. The zero-order chi connectivity index (χ0) is 7.98. The Morgan fingerprint density at radius 1 is 1.50 bits per heavy atom. The van der Waals surface area contributed by atoms with E-state index in [0.717, 1.165) is 13.1 Å². The molecule has 0 bridgehead atoms. The van der Waals surface area contributed by atoms with Crippen molar-refractivity contribution in [1.82, 2.24) is 10.4 Å². The predicted octanol–water partition coefficient (Wildman–Crippen LogP) is -0.166. The summed E-state index contributed by atoms with van der Waals surface area (Å²) >= 11 is 0. The average Bonchev–Trinajstić information content (AvgIpc) is 1.99. The van der Waals surface area contributed by atoms with Crippen LogP contribution in [0.1, 0.15) is 13.8 Å². The van der Waals surface area contributed by atoms with E-state index < -0.39 is 0 Å². The molecule has 1 amide bonds. The van der Waals surface area contributed by atoms with Crippen molar-refractivity contribution in [3.63, 3.8) is 0 Å². The van der Waals surface area contributed by atoms with Gasteiger partial charge >= 0.3 is 0 Å². The summed E-state index contributed by atoms with van der Waals surface area (Å²) in [6, 6.07) is 0. The molecule has 0 rings (SSSR count). The molecule has 0 heterocycles. The van der Waals surface area contributed by atoms with Crippen molar-refractivity contribution in [3.05, 3.63) is 0 Å². The second-order valence-electron chi connectivity index (χ2n) is 2.00. The van der Waals surface area contributed by atoms with Gasteiger partial charge in [0, 0.05) is 0 Å². The topological polar surface area (TPSA) is 52.6 Å². The zero-order valence-electron chi connectivity index (χ0n) is 6.42. The van der Waals surface area contributed by atoms with Gasteiger partial charge in [-0.1, -0.05) is 13.8 Å². The highest BCUT2D eigenvalue weighted by molar-refractivity contribution is 5.76.